The summed E-state index contributed by atoms with van der Waals surface area (Å²) in [5.74, 6) is 1.64. The Morgan fingerprint density at radius 3 is 2.71 bits per heavy atom. The van der Waals surface area contributed by atoms with E-state index in [1.807, 2.05) is 15.9 Å². The Hall–Kier alpha value is -2.44. The molecule has 1 aliphatic carbocycles. The van der Waals surface area contributed by atoms with E-state index >= 15 is 0 Å². The molecule has 0 bridgehead atoms. The van der Waals surface area contributed by atoms with E-state index in [2.05, 4.69) is 15.0 Å². The van der Waals surface area contributed by atoms with Crippen LogP contribution in [-0.2, 0) is 9.59 Å². The maximum atomic E-state index is 13.2. The number of nitrogens with one attached hydrogen (secondary N) is 1. The second kappa shape index (κ2) is 7.18. The Bertz CT molecular complexity index is 855. The molecule has 1 saturated carbocycles. The number of hydrogen-bond donors (Lipinski definition) is 1. The van der Waals surface area contributed by atoms with Crippen LogP contribution in [0.15, 0.2) is 18.5 Å². The maximum absolute atomic E-state index is 13.2. The molecular weight excluding hydrogens is 354 g/mol. The first-order chi connectivity index (χ1) is 13.7. The topological polar surface area (TPSA) is 82.2 Å². The molecule has 2 unspecified atom stereocenters. The molecule has 0 radical (unpaired) electrons. The van der Waals surface area contributed by atoms with Gasteiger partial charge in [0.2, 0.25) is 11.8 Å². The minimum atomic E-state index is -0.258. The van der Waals surface area contributed by atoms with Crippen molar-refractivity contribution in [3.05, 3.63) is 24.3 Å². The number of aromatic amines is 1. The van der Waals surface area contributed by atoms with Gasteiger partial charge in [0, 0.05) is 37.7 Å². The van der Waals surface area contributed by atoms with Crippen molar-refractivity contribution in [1.82, 2.24) is 24.8 Å². The Balaban J connectivity index is 1.27. The quantitative estimate of drug-likeness (QED) is 0.885. The summed E-state index contributed by atoms with van der Waals surface area (Å²) in [6.45, 7) is 2.15. The molecule has 2 atom stereocenters. The number of aromatic nitrogens is 3. The minimum Gasteiger partial charge on any atom is -0.340 e. The Kier molecular flexibility index (Phi) is 4.53. The average Bonchev–Trinajstić information content (AvgIpc) is 3.51. The number of carbonyl (C=O) groups is 2. The molecule has 4 heterocycles. The van der Waals surface area contributed by atoms with Crippen LogP contribution in [-0.4, -0.2) is 62.2 Å². The van der Waals surface area contributed by atoms with Crippen LogP contribution in [0.1, 0.15) is 56.7 Å². The van der Waals surface area contributed by atoms with Crippen LogP contribution in [0.5, 0.6) is 0 Å². The Morgan fingerprint density at radius 2 is 1.89 bits per heavy atom. The van der Waals surface area contributed by atoms with Gasteiger partial charge >= 0.3 is 0 Å². The van der Waals surface area contributed by atoms with Crippen molar-refractivity contribution in [3.8, 4) is 0 Å². The molecule has 2 saturated heterocycles. The lowest BCUT2D eigenvalue weighted by Crippen LogP contribution is -2.48. The number of likely N-dealkylation sites (tertiary alicyclic amines) is 2. The lowest BCUT2D eigenvalue weighted by molar-refractivity contribution is -0.145. The monoisotopic (exact) mass is 381 g/mol. The van der Waals surface area contributed by atoms with Crippen LogP contribution in [0.2, 0.25) is 0 Å². The third kappa shape index (κ3) is 3.06. The summed E-state index contributed by atoms with van der Waals surface area (Å²) < 4.78 is 0. The fourth-order valence-electron chi connectivity index (χ4n) is 5.16. The second-order valence-corrected chi connectivity index (χ2v) is 8.46. The summed E-state index contributed by atoms with van der Waals surface area (Å²) in [7, 11) is 0. The number of nitrogens with zero attached hydrogens (tertiary/aromatic N) is 4. The van der Waals surface area contributed by atoms with Gasteiger partial charge in [-0.2, -0.15) is 0 Å². The first kappa shape index (κ1) is 17.6. The van der Waals surface area contributed by atoms with E-state index in [4.69, 9.17) is 0 Å². The van der Waals surface area contributed by atoms with Crippen LogP contribution < -0.4 is 0 Å². The van der Waals surface area contributed by atoms with Crippen LogP contribution in [0, 0.1) is 5.92 Å². The first-order valence-corrected chi connectivity index (χ1v) is 10.6. The largest absolute Gasteiger partial charge is 0.340 e. The number of carbonyl (C=O) groups excluding carboxylic acids is 2. The van der Waals surface area contributed by atoms with E-state index in [0.717, 1.165) is 74.9 Å². The van der Waals surface area contributed by atoms with Crippen LogP contribution in [0.25, 0.3) is 11.0 Å². The zero-order valence-electron chi connectivity index (χ0n) is 16.1. The molecule has 3 fully saturated rings. The standard InChI is InChI=1S/C21H27N5O2/c27-20(14-4-1-2-5-14)26-10-3-6-18(26)21(28)25-11-8-15(13-25)19-23-16-7-9-22-12-17(16)24-19/h7,9,12,14-15,18H,1-6,8,10-11,13H2,(H,23,24). The lowest BCUT2D eigenvalue weighted by atomic mass is 10.1. The van der Waals surface area contributed by atoms with E-state index < -0.39 is 0 Å². The first-order valence-electron chi connectivity index (χ1n) is 10.6. The molecule has 5 rings (SSSR count). The highest BCUT2D eigenvalue weighted by atomic mass is 16.2. The van der Waals surface area contributed by atoms with Crippen LogP contribution in [0.3, 0.4) is 0 Å². The van der Waals surface area contributed by atoms with Gasteiger partial charge in [-0.15, -0.1) is 0 Å². The summed E-state index contributed by atoms with van der Waals surface area (Å²) in [6.07, 6.45) is 10.4. The highest BCUT2D eigenvalue weighted by molar-refractivity contribution is 5.89. The molecule has 2 amide bonds. The van der Waals surface area contributed by atoms with Gasteiger partial charge in [0.05, 0.1) is 17.2 Å². The van der Waals surface area contributed by atoms with Gasteiger partial charge in [-0.3, -0.25) is 14.6 Å². The fourth-order valence-corrected chi connectivity index (χ4v) is 5.16. The van der Waals surface area contributed by atoms with Crippen molar-refractivity contribution in [3.63, 3.8) is 0 Å². The number of amides is 2. The van der Waals surface area contributed by atoms with Crippen LogP contribution >= 0.6 is 0 Å². The molecule has 2 aliphatic heterocycles. The summed E-state index contributed by atoms with van der Waals surface area (Å²) in [4.78, 5) is 42.1. The van der Waals surface area contributed by atoms with Gasteiger partial charge < -0.3 is 14.8 Å². The summed E-state index contributed by atoms with van der Waals surface area (Å²) in [5.41, 5.74) is 1.85. The highest BCUT2D eigenvalue weighted by Gasteiger charge is 2.41. The Morgan fingerprint density at radius 1 is 1.04 bits per heavy atom. The maximum Gasteiger partial charge on any atom is 0.245 e. The molecule has 3 aliphatic rings. The van der Waals surface area contributed by atoms with E-state index in [1.165, 1.54) is 0 Å². The SMILES string of the molecule is O=C(C1CCCN1C(=O)C1CCCC1)N1CCC(c2nc3ccncc3[nH]2)C1. The van der Waals surface area contributed by atoms with Crippen molar-refractivity contribution >= 4 is 22.8 Å². The molecule has 2 aromatic heterocycles. The van der Waals surface area contributed by atoms with Crippen molar-refractivity contribution < 1.29 is 9.59 Å². The molecule has 0 spiro atoms. The van der Waals surface area contributed by atoms with Crippen molar-refractivity contribution in [2.75, 3.05) is 19.6 Å². The summed E-state index contributed by atoms with van der Waals surface area (Å²) in [5, 5.41) is 0. The number of imidazole rings is 1. The van der Waals surface area contributed by atoms with Crippen LogP contribution in [0.4, 0.5) is 0 Å². The third-order valence-corrected chi connectivity index (χ3v) is 6.71. The van der Waals surface area contributed by atoms with E-state index in [9.17, 15) is 9.59 Å². The predicted octanol–water partition coefficient (Wildman–Crippen LogP) is 2.46. The molecule has 7 nitrogen and oxygen atoms in total. The van der Waals surface area contributed by atoms with Gasteiger partial charge in [0.25, 0.3) is 0 Å². The van der Waals surface area contributed by atoms with Gasteiger partial charge in [-0.1, -0.05) is 12.8 Å². The predicted molar refractivity (Wildman–Crippen MR) is 105 cm³/mol. The molecule has 1 N–H and O–H groups in total. The zero-order chi connectivity index (χ0) is 19.1. The van der Waals surface area contributed by atoms with Crippen molar-refractivity contribution in [2.24, 2.45) is 5.92 Å². The minimum absolute atomic E-state index is 0.129. The number of pyridine rings is 1. The summed E-state index contributed by atoms with van der Waals surface area (Å²) >= 11 is 0. The number of fused-ring (bicyclic) bond motifs is 1. The van der Waals surface area contributed by atoms with E-state index in [-0.39, 0.29) is 29.7 Å². The fraction of sp³-hybridized carbons (Fsp3) is 0.619. The molecule has 28 heavy (non-hydrogen) atoms. The number of H-pyrrole nitrogens is 1. The molecule has 148 valence electrons. The van der Waals surface area contributed by atoms with Gasteiger partial charge in [0.1, 0.15) is 11.9 Å². The molecule has 7 heteroatoms. The lowest BCUT2D eigenvalue weighted by Gasteiger charge is -2.29. The van der Waals surface area contributed by atoms with Crippen molar-refractivity contribution in [2.45, 2.75) is 56.9 Å². The smallest absolute Gasteiger partial charge is 0.245 e. The third-order valence-electron chi connectivity index (χ3n) is 6.71. The highest BCUT2D eigenvalue weighted by Crippen LogP contribution is 2.32. The second-order valence-electron chi connectivity index (χ2n) is 8.46. The molecule has 2 aromatic rings. The van der Waals surface area contributed by atoms with Gasteiger partial charge in [0.15, 0.2) is 0 Å². The van der Waals surface area contributed by atoms with E-state index in [0.29, 0.717) is 6.54 Å². The zero-order valence-corrected chi connectivity index (χ0v) is 16.1. The molecule has 0 aromatic carbocycles. The average molecular weight is 381 g/mol. The summed E-state index contributed by atoms with van der Waals surface area (Å²) in [6, 6.07) is 1.64. The normalized spacial score (nSPS) is 25.9. The van der Waals surface area contributed by atoms with Crippen molar-refractivity contribution in [1.29, 1.82) is 0 Å². The van der Waals surface area contributed by atoms with Gasteiger partial charge in [-0.05, 0) is 38.2 Å². The molecular formula is C21H27N5O2. The van der Waals surface area contributed by atoms with E-state index in [1.54, 1.807) is 12.4 Å². The number of rotatable bonds is 3. The Labute approximate surface area is 164 Å². The van der Waals surface area contributed by atoms with Gasteiger partial charge in [-0.25, -0.2) is 4.98 Å². The number of hydrogen-bond acceptors (Lipinski definition) is 4.